The first-order valence-electron chi connectivity index (χ1n) is 8.92. The minimum absolute atomic E-state index is 0.0868. The molecule has 1 atom stereocenters. The Morgan fingerprint density at radius 3 is 2.70 bits per heavy atom. The molecule has 2 heterocycles. The lowest BCUT2D eigenvalue weighted by Gasteiger charge is -2.30. The van der Waals surface area contributed by atoms with Gasteiger partial charge in [0.15, 0.2) is 11.9 Å². The van der Waals surface area contributed by atoms with Crippen molar-refractivity contribution in [1.82, 2.24) is 10.3 Å². The van der Waals surface area contributed by atoms with Crippen molar-refractivity contribution in [3.8, 4) is 11.5 Å². The molecular weight excluding hydrogens is 340 g/mol. The number of phenolic OH excluding ortho intramolecular Hbond substituents is 1. The summed E-state index contributed by atoms with van der Waals surface area (Å²) < 4.78 is 6.22. The number of H-pyrrole nitrogens is 1. The first kappa shape index (κ1) is 17.2. The maximum absolute atomic E-state index is 13.2. The van der Waals surface area contributed by atoms with E-state index in [9.17, 15) is 9.90 Å². The van der Waals surface area contributed by atoms with Crippen molar-refractivity contribution in [2.45, 2.75) is 32.4 Å². The number of carbonyl (C=O) groups is 1. The standard InChI is InChI=1S/C22H22N2O3/c1-22(2,3)24-12-15-20(26)14-6-4-5-7-17(14)27-21(15)18-16(25)9-8-13-10-11-23-19(13)18/h4-12,21,23-25H,1-3H3/b15-12+. The lowest BCUT2D eigenvalue weighted by molar-refractivity contribution is 0.0959. The monoisotopic (exact) mass is 362 g/mol. The number of phenols is 1. The molecule has 0 spiro atoms. The van der Waals surface area contributed by atoms with Gasteiger partial charge >= 0.3 is 0 Å². The summed E-state index contributed by atoms with van der Waals surface area (Å²) >= 11 is 0. The van der Waals surface area contributed by atoms with Crippen molar-refractivity contribution in [1.29, 1.82) is 0 Å². The molecule has 0 aliphatic carbocycles. The zero-order valence-electron chi connectivity index (χ0n) is 15.5. The van der Waals surface area contributed by atoms with Gasteiger partial charge in [0.25, 0.3) is 0 Å². The molecule has 3 N–H and O–H groups in total. The molecule has 1 unspecified atom stereocenters. The fraction of sp³-hybridized carbons (Fsp3) is 0.227. The Morgan fingerprint density at radius 1 is 1.15 bits per heavy atom. The molecule has 5 heteroatoms. The lowest BCUT2D eigenvalue weighted by Crippen LogP contribution is -2.34. The first-order chi connectivity index (χ1) is 12.8. The van der Waals surface area contributed by atoms with E-state index in [0.717, 1.165) is 10.9 Å². The lowest BCUT2D eigenvalue weighted by atomic mass is 9.90. The molecule has 0 saturated carbocycles. The number of nitrogens with one attached hydrogen (secondary N) is 2. The molecule has 138 valence electrons. The molecule has 0 bridgehead atoms. The SMILES string of the molecule is CC(C)(C)N/C=C1\C(=O)c2ccccc2OC1c1c(O)ccc2cc[nH]c12. The normalized spacial score (nSPS) is 18.4. The van der Waals surface area contributed by atoms with E-state index in [-0.39, 0.29) is 17.1 Å². The predicted molar refractivity (Wildman–Crippen MR) is 105 cm³/mol. The number of aromatic amines is 1. The average Bonchev–Trinajstić information content (AvgIpc) is 3.08. The molecule has 0 amide bonds. The summed E-state index contributed by atoms with van der Waals surface area (Å²) in [5, 5.41) is 14.8. The molecule has 3 aromatic rings. The van der Waals surface area contributed by atoms with Crippen molar-refractivity contribution in [3.63, 3.8) is 0 Å². The zero-order chi connectivity index (χ0) is 19.2. The van der Waals surface area contributed by atoms with Crippen LogP contribution in [-0.4, -0.2) is 21.4 Å². The molecule has 4 rings (SSSR count). The van der Waals surface area contributed by atoms with Gasteiger partial charge in [0.05, 0.1) is 22.2 Å². The maximum atomic E-state index is 13.2. The summed E-state index contributed by atoms with van der Waals surface area (Å²) in [6.45, 7) is 6.05. The third-order valence-corrected chi connectivity index (χ3v) is 4.59. The maximum Gasteiger partial charge on any atom is 0.198 e. The number of Topliss-reactive ketones (excluding diaryl/α,β-unsaturated/α-hetero) is 1. The average molecular weight is 362 g/mol. The summed E-state index contributed by atoms with van der Waals surface area (Å²) in [5.41, 5.74) is 2.08. The van der Waals surface area contributed by atoms with Crippen LogP contribution in [0.2, 0.25) is 0 Å². The third-order valence-electron chi connectivity index (χ3n) is 4.59. The third kappa shape index (κ3) is 3.05. The Balaban J connectivity index is 1.92. The molecule has 0 radical (unpaired) electrons. The molecule has 0 saturated heterocycles. The first-order valence-corrected chi connectivity index (χ1v) is 8.92. The van der Waals surface area contributed by atoms with Crippen LogP contribution in [0.1, 0.15) is 42.8 Å². The quantitative estimate of drug-likeness (QED) is 0.588. The fourth-order valence-corrected chi connectivity index (χ4v) is 3.28. The molecular formula is C22H22N2O3. The smallest absolute Gasteiger partial charge is 0.198 e. The van der Waals surface area contributed by atoms with E-state index in [1.165, 1.54) is 0 Å². The van der Waals surface area contributed by atoms with Gasteiger partial charge in [0.2, 0.25) is 0 Å². The van der Waals surface area contributed by atoms with Crippen molar-refractivity contribution >= 4 is 16.7 Å². The van der Waals surface area contributed by atoms with E-state index in [0.29, 0.717) is 22.4 Å². The molecule has 5 nitrogen and oxygen atoms in total. The second kappa shape index (κ2) is 6.20. The van der Waals surface area contributed by atoms with Crippen LogP contribution in [0.25, 0.3) is 10.9 Å². The summed E-state index contributed by atoms with van der Waals surface area (Å²) in [7, 11) is 0. The second-order valence-corrected chi connectivity index (χ2v) is 7.76. The Kier molecular flexibility index (Phi) is 3.95. The van der Waals surface area contributed by atoms with E-state index >= 15 is 0 Å². The van der Waals surface area contributed by atoms with Gasteiger partial charge in [-0.1, -0.05) is 12.1 Å². The van der Waals surface area contributed by atoms with Gasteiger partial charge in [0, 0.05) is 23.3 Å². The van der Waals surface area contributed by atoms with Crippen molar-refractivity contribution in [2.24, 2.45) is 0 Å². The number of ether oxygens (including phenoxy) is 1. The predicted octanol–water partition coefficient (Wildman–Crippen LogP) is 4.46. The molecule has 1 aromatic heterocycles. The van der Waals surface area contributed by atoms with Crippen molar-refractivity contribution in [3.05, 3.63) is 71.6 Å². The van der Waals surface area contributed by atoms with Crippen LogP contribution in [-0.2, 0) is 0 Å². The van der Waals surface area contributed by atoms with Gasteiger partial charge in [0.1, 0.15) is 11.5 Å². The number of carbonyl (C=O) groups excluding carboxylic acids is 1. The zero-order valence-corrected chi connectivity index (χ0v) is 15.5. The van der Waals surface area contributed by atoms with E-state index in [1.54, 1.807) is 24.4 Å². The van der Waals surface area contributed by atoms with Crippen molar-refractivity contribution in [2.75, 3.05) is 0 Å². The number of para-hydroxylation sites is 1. The Hall–Kier alpha value is -3.21. The summed E-state index contributed by atoms with van der Waals surface area (Å²) in [4.78, 5) is 16.4. The van der Waals surface area contributed by atoms with Crippen molar-refractivity contribution < 1.29 is 14.6 Å². The molecule has 1 aliphatic heterocycles. The van der Waals surface area contributed by atoms with E-state index < -0.39 is 6.10 Å². The van der Waals surface area contributed by atoms with Crippen LogP contribution < -0.4 is 10.1 Å². The summed E-state index contributed by atoms with van der Waals surface area (Å²) in [6.07, 6.45) is 2.80. The molecule has 2 aromatic carbocycles. The van der Waals surface area contributed by atoms with Crippen LogP contribution >= 0.6 is 0 Å². The number of ketones is 1. The topological polar surface area (TPSA) is 74.3 Å². The number of hydrogen-bond acceptors (Lipinski definition) is 4. The fourth-order valence-electron chi connectivity index (χ4n) is 3.28. The number of hydrogen-bond donors (Lipinski definition) is 3. The van der Waals surface area contributed by atoms with Crippen LogP contribution in [0.4, 0.5) is 0 Å². The molecule has 1 aliphatic rings. The van der Waals surface area contributed by atoms with Gasteiger partial charge in [-0.2, -0.15) is 0 Å². The van der Waals surface area contributed by atoms with Crippen LogP contribution in [0, 0.1) is 0 Å². The van der Waals surface area contributed by atoms with E-state index in [1.807, 2.05) is 51.2 Å². The van der Waals surface area contributed by atoms with E-state index in [2.05, 4.69) is 10.3 Å². The highest BCUT2D eigenvalue weighted by Crippen LogP contribution is 2.43. The Bertz CT molecular complexity index is 1060. The van der Waals surface area contributed by atoms with E-state index in [4.69, 9.17) is 4.74 Å². The number of benzene rings is 2. The highest BCUT2D eigenvalue weighted by molar-refractivity contribution is 6.12. The Labute approximate surface area is 157 Å². The largest absolute Gasteiger partial charge is 0.507 e. The minimum Gasteiger partial charge on any atom is -0.507 e. The highest BCUT2D eigenvalue weighted by atomic mass is 16.5. The van der Waals surface area contributed by atoms with Gasteiger partial charge in [-0.05, 0) is 51.1 Å². The number of fused-ring (bicyclic) bond motifs is 2. The number of aromatic hydroxyl groups is 1. The summed E-state index contributed by atoms with van der Waals surface area (Å²) in [5.74, 6) is 0.494. The summed E-state index contributed by atoms with van der Waals surface area (Å²) in [6, 6.07) is 12.6. The number of aromatic nitrogens is 1. The second-order valence-electron chi connectivity index (χ2n) is 7.76. The highest BCUT2D eigenvalue weighted by Gasteiger charge is 2.36. The van der Waals surface area contributed by atoms with Gasteiger partial charge < -0.3 is 20.1 Å². The van der Waals surface area contributed by atoms with Gasteiger partial charge in [-0.25, -0.2) is 0 Å². The van der Waals surface area contributed by atoms with Crippen LogP contribution in [0.15, 0.2) is 60.4 Å². The Morgan fingerprint density at radius 2 is 1.93 bits per heavy atom. The molecule has 0 fully saturated rings. The van der Waals surface area contributed by atoms with Gasteiger partial charge in [-0.3, -0.25) is 4.79 Å². The minimum atomic E-state index is -0.718. The van der Waals surface area contributed by atoms with Crippen LogP contribution in [0.5, 0.6) is 11.5 Å². The van der Waals surface area contributed by atoms with Gasteiger partial charge in [-0.15, -0.1) is 0 Å². The van der Waals surface area contributed by atoms with Crippen LogP contribution in [0.3, 0.4) is 0 Å². The molecule has 27 heavy (non-hydrogen) atoms. The number of rotatable bonds is 2.